The molecule has 0 unspecified atom stereocenters. The van der Waals surface area contributed by atoms with Crippen LogP contribution in [-0.2, 0) is 5.41 Å². The van der Waals surface area contributed by atoms with Crippen molar-refractivity contribution in [1.82, 2.24) is 9.97 Å². The van der Waals surface area contributed by atoms with Gasteiger partial charge in [0, 0.05) is 28.9 Å². The molecule has 2 nitrogen and oxygen atoms in total. The predicted molar refractivity (Wildman–Crippen MR) is 121 cm³/mol. The maximum absolute atomic E-state index is 4.54. The number of benzene rings is 2. The van der Waals surface area contributed by atoms with E-state index in [0.717, 1.165) is 22.5 Å². The second kappa shape index (κ2) is 7.63. The Balaban J connectivity index is 1.59. The molecule has 2 heteroatoms. The molecule has 2 aromatic carbocycles. The van der Waals surface area contributed by atoms with Crippen LogP contribution in [-0.4, -0.2) is 9.97 Å². The second-order valence-corrected chi connectivity index (χ2v) is 8.22. The molecule has 0 atom stereocenters. The van der Waals surface area contributed by atoms with Crippen molar-refractivity contribution in [3.8, 4) is 22.5 Å². The Hall–Kier alpha value is -3.26. The summed E-state index contributed by atoms with van der Waals surface area (Å²) in [6.45, 7) is 8.65. The van der Waals surface area contributed by atoms with Crippen LogP contribution in [0.3, 0.4) is 0 Å². The Morgan fingerprint density at radius 2 is 0.897 bits per heavy atom. The van der Waals surface area contributed by atoms with Gasteiger partial charge in [-0.3, -0.25) is 9.97 Å². The van der Waals surface area contributed by atoms with Gasteiger partial charge in [0.05, 0.1) is 11.4 Å². The van der Waals surface area contributed by atoms with Gasteiger partial charge in [0.1, 0.15) is 0 Å². The summed E-state index contributed by atoms with van der Waals surface area (Å²) in [6.07, 6.45) is 3.83. The van der Waals surface area contributed by atoms with E-state index in [-0.39, 0.29) is 5.41 Å². The van der Waals surface area contributed by atoms with Crippen LogP contribution in [0.1, 0.15) is 36.1 Å². The van der Waals surface area contributed by atoms with Crippen LogP contribution >= 0.6 is 0 Å². The Bertz CT molecular complexity index is 998. The monoisotopic (exact) mass is 378 g/mol. The fourth-order valence-electron chi connectivity index (χ4n) is 3.56. The van der Waals surface area contributed by atoms with Gasteiger partial charge in [0.15, 0.2) is 0 Å². The quantitative estimate of drug-likeness (QED) is 0.392. The first-order valence-electron chi connectivity index (χ1n) is 10.0. The van der Waals surface area contributed by atoms with E-state index in [1.165, 1.54) is 22.3 Å². The highest BCUT2D eigenvalue weighted by Gasteiger charge is 2.23. The van der Waals surface area contributed by atoms with Gasteiger partial charge < -0.3 is 0 Å². The maximum Gasteiger partial charge on any atom is 0.0702 e. The van der Waals surface area contributed by atoms with Gasteiger partial charge in [-0.25, -0.2) is 0 Å². The Morgan fingerprint density at radius 3 is 1.21 bits per heavy atom. The number of pyridine rings is 2. The first-order valence-corrected chi connectivity index (χ1v) is 10.0. The standard InChI is InChI=1S/C27H26N2/c1-19-5-15-25(28-17-19)21-7-11-23(12-8-21)27(3,4)24-13-9-22(10-14-24)26-16-6-20(2)18-29-26/h5-18H,1-4H3. The lowest BCUT2D eigenvalue weighted by molar-refractivity contribution is 0.641. The molecule has 0 amide bonds. The third-order valence-corrected chi connectivity index (χ3v) is 5.63. The number of rotatable bonds is 4. The molecule has 0 bridgehead atoms. The number of nitrogens with zero attached hydrogens (tertiary/aromatic N) is 2. The lowest BCUT2D eigenvalue weighted by Gasteiger charge is -2.26. The second-order valence-electron chi connectivity index (χ2n) is 8.22. The molecule has 0 N–H and O–H groups in total. The van der Waals surface area contributed by atoms with E-state index in [2.05, 4.69) is 110 Å². The van der Waals surface area contributed by atoms with E-state index in [0.29, 0.717) is 0 Å². The van der Waals surface area contributed by atoms with Gasteiger partial charge in [-0.1, -0.05) is 74.5 Å². The largest absolute Gasteiger partial charge is 0.256 e. The molecule has 0 aliphatic carbocycles. The van der Waals surface area contributed by atoms with Crippen LogP contribution < -0.4 is 0 Å². The number of hydrogen-bond donors (Lipinski definition) is 0. The van der Waals surface area contributed by atoms with E-state index in [9.17, 15) is 0 Å². The van der Waals surface area contributed by atoms with Crippen LogP contribution in [0.25, 0.3) is 22.5 Å². The van der Waals surface area contributed by atoms with Crippen molar-refractivity contribution in [3.63, 3.8) is 0 Å². The van der Waals surface area contributed by atoms with Crippen molar-refractivity contribution < 1.29 is 0 Å². The third-order valence-electron chi connectivity index (χ3n) is 5.63. The maximum atomic E-state index is 4.54. The predicted octanol–water partition coefficient (Wildman–Crippen LogP) is 6.75. The van der Waals surface area contributed by atoms with Crippen molar-refractivity contribution in [2.24, 2.45) is 0 Å². The zero-order chi connectivity index (χ0) is 20.4. The topological polar surface area (TPSA) is 25.8 Å². The van der Waals surface area contributed by atoms with Gasteiger partial charge in [0.25, 0.3) is 0 Å². The zero-order valence-electron chi connectivity index (χ0n) is 17.5. The average molecular weight is 379 g/mol. The Labute approximate surface area is 173 Å². The molecule has 2 heterocycles. The van der Waals surface area contributed by atoms with Crippen molar-refractivity contribution in [2.75, 3.05) is 0 Å². The summed E-state index contributed by atoms with van der Waals surface area (Å²) in [7, 11) is 0. The fraction of sp³-hybridized carbons (Fsp3) is 0.185. The van der Waals surface area contributed by atoms with Gasteiger partial charge in [0.2, 0.25) is 0 Å². The van der Waals surface area contributed by atoms with E-state index in [1.807, 2.05) is 12.4 Å². The highest BCUT2D eigenvalue weighted by Crippen LogP contribution is 2.33. The number of aromatic nitrogens is 2. The molecule has 29 heavy (non-hydrogen) atoms. The lowest BCUT2D eigenvalue weighted by atomic mass is 9.77. The Kier molecular flexibility index (Phi) is 5.02. The molecule has 0 aliphatic rings. The molecule has 4 aromatic rings. The van der Waals surface area contributed by atoms with Crippen molar-refractivity contribution >= 4 is 0 Å². The average Bonchev–Trinajstić information content (AvgIpc) is 2.75. The Morgan fingerprint density at radius 1 is 0.517 bits per heavy atom. The summed E-state index contributed by atoms with van der Waals surface area (Å²) in [5.74, 6) is 0. The lowest BCUT2D eigenvalue weighted by Crippen LogP contribution is -2.18. The summed E-state index contributed by atoms with van der Waals surface area (Å²) < 4.78 is 0. The first-order chi connectivity index (χ1) is 13.9. The smallest absolute Gasteiger partial charge is 0.0702 e. The molecular weight excluding hydrogens is 352 g/mol. The summed E-state index contributed by atoms with van der Waals surface area (Å²) in [4.78, 5) is 9.07. The highest BCUT2D eigenvalue weighted by atomic mass is 14.7. The van der Waals surface area contributed by atoms with Crippen molar-refractivity contribution in [3.05, 3.63) is 107 Å². The molecule has 0 fully saturated rings. The van der Waals surface area contributed by atoms with Crippen LogP contribution in [0.2, 0.25) is 0 Å². The van der Waals surface area contributed by atoms with Gasteiger partial charge in [-0.15, -0.1) is 0 Å². The van der Waals surface area contributed by atoms with Crippen molar-refractivity contribution in [1.29, 1.82) is 0 Å². The minimum Gasteiger partial charge on any atom is -0.256 e. The molecule has 144 valence electrons. The van der Waals surface area contributed by atoms with E-state index in [4.69, 9.17) is 0 Å². The molecule has 0 saturated carbocycles. The first kappa shape index (κ1) is 19.1. The van der Waals surface area contributed by atoms with Crippen LogP contribution in [0, 0.1) is 13.8 Å². The molecule has 0 spiro atoms. The van der Waals surface area contributed by atoms with Crippen LogP contribution in [0.5, 0.6) is 0 Å². The third kappa shape index (κ3) is 3.97. The molecule has 4 rings (SSSR count). The molecular formula is C27H26N2. The van der Waals surface area contributed by atoms with Crippen molar-refractivity contribution in [2.45, 2.75) is 33.1 Å². The summed E-state index contributed by atoms with van der Waals surface area (Å²) in [5.41, 5.74) is 9.15. The minimum atomic E-state index is -0.0849. The van der Waals surface area contributed by atoms with Crippen LogP contribution in [0.15, 0.2) is 85.2 Å². The SMILES string of the molecule is Cc1ccc(-c2ccc(C(C)(C)c3ccc(-c4ccc(C)cn4)cc3)cc2)nc1. The molecule has 0 saturated heterocycles. The van der Waals surface area contributed by atoms with E-state index < -0.39 is 0 Å². The minimum absolute atomic E-state index is 0.0849. The fourth-order valence-corrected chi connectivity index (χ4v) is 3.56. The van der Waals surface area contributed by atoms with Gasteiger partial charge >= 0.3 is 0 Å². The molecule has 2 aromatic heterocycles. The van der Waals surface area contributed by atoms with E-state index in [1.54, 1.807) is 0 Å². The summed E-state index contributed by atoms with van der Waals surface area (Å²) >= 11 is 0. The molecule has 0 radical (unpaired) electrons. The number of aryl methyl sites for hydroxylation is 2. The summed E-state index contributed by atoms with van der Waals surface area (Å²) in [5, 5.41) is 0. The van der Waals surface area contributed by atoms with Gasteiger partial charge in [-0.05, 0) is 48.2 Å². The normalized spacial score (nSPS) is 11.4. The van der Waals surface area contributed by atoms with Gasteiger partial charge in [-0.2, -0.15) is 0 Å². The zero-order valence-corrected chi connectivity index (χ0v) is 17.5. The highest BCUT2D eigenvalue weighted by molar-refractivity contribution is 5.62. The van der Waals surface area contributed by atoms with E-state index >= 15 is 0 Å². The molecule has 0 aliphatic heterocycles. The van der Waals surface area contributed by atoms with Crippen LogP contribution in [0.4, 0.5) is 0 Å². The number of hydrogen-bond acceptors (Lipinski definition) is 2. The summed E-state index contributed by atoms with van der Waals surface area (Å²) in [6, 6.07) is 25.9.